The van der Waals surface area contributed by atoms with Gasteiger partial charge < -0.3 is 24.4 Å². The van der Waals surface area contributed by atoms with E-state index in [0.29, 0.717) is 28.5 Å². The molecular formula is C24H29N3O6. The molecule has 9 heteroatoms. The molecule has 2 atom stereocenters. The number of pyridine rings is 1. The van der Waals surface area contributed by atoms with E-state index in [1.165, 1.54) is 10.6 Å². The number of methoxy groups -OCH3 is 2. The van der Waals surface area contributed by atoms with Crippen molar-refractivity contribution < 1.29 is 29.2 Å². The summed E-state index contributed by atoms with van der Waals surface area (Å²) in [6.07, 6.45) is 2.71. The van der Waals surface area contributed by atoms with Crippen molar-refractivity contribution in [2.75, 3.05) is 14.2 Å². The average Bonchev–Trinajstić information content (AvgIpc) is 3.47. The predicted molar refractivity (Wildman–Crippen MR) is 120 cm³/mol. The summed E-state index contributed by atoms with van der Waals surface area (Å²) < 4.78 is 18.6. The molecule has 2 heterocycles. The lowest BCUT2D eigenvalue weighted by molar-refractivity contribution is -0.0761. The number of rotatable bonds is 9. The van der Waals surface area contributed by atoms with Crippen LogP contribution in [-0.4, -0.2) is 57.2 Å². The van der Waals surface area contributed by atoms with Gasteiger partial charge in [0.1, 0.15) is 17.6 Å². The zero-order valence-corrected chi connectivity index (χ0v) is 19.0. The molecule has 2 aromatic heterocycles. The van der Waals surface area contributed by atoms with Gasteiger partial charge in [-0.2, -0.15) is 5.10 Å². The fraction of sp³-hybridized carbons (Fsp3) is 0.458. The van der Waals surface area contributed by atoms with Crippen LogP contribution in [0.15, 0.2) is 30.3 Å². The first kappa shape index (κ1) is 23.0. The SMILES string of the molecule is COc1cc([C@@H](O)[C@H](Cc2nc3cccc(C(=O)O)n3n2)OC2CCCC2)cc(OC)c1C. The summed E-state index contributed by atoms with van der Waals surface area (Å²) in [5.74, 6) is 0.534. The van der Waals surface area contributed by atoms with Crippen LogP contribution in [0.1, 0.15) is 59.2 Å². The molecule has 1 aliphatic carbocycles. The minimum atomic E-state index is -1.09. The normalized spacial score (nSPS) is 16.1. The zero-order chi connectivity index (χ0) is 23.5. The van der Waals surface area contributed by atoms with E-state index < -0.39 is 18.2 Å². The number of hydrogen-bond donors (Lipinski definition) is 2. The second-order valence-electron chi connectivity index (χ2n) is 8.29. The molecule has 176 valence electrons. The van der Waals surface area contributed by atoms with Crippen LogP contribution >= 0.6 is 0 Å². The minimum Gasteiger partial charge on any atom is -0.496 e. The van der Waals surface area contributed by atoms with Gasteiger partial charge in [0, 0.05) is 12.0 Å². The second kappa shape index (κ2) is 9.76. The van der Waals surface area contributed by atoms with Gasteiger partial charge in [-0.25, -0.2) is 14.3 Å². The largest absolute Gasteiger partial charge is 0.496 e. The van der Waals surface area contributed by atoms with Gasteiger partial charge in [-0.15, -0.1) is 0 Å². The van der Waals surface area contributed by atoms with Gasteiger partial charge in [0.2, 0.25) is 0 Å². The van der Waals surface area contributed by atoms with E-state index >= 15 is 0 Å². The van der Waals surface area contributed by atoms with Crippen molar-refractivity contribution in [3.8, 4) is 11.5 Å². The number of carboxylic acid groups (broad SMARTS) is 1. The van der Waals surface area contributed by atoms with Gasteiger partial charge in [-0.3, -0.25) is 0 Å². The number of carbonyl (C=O) groups is 1. The molecule has 0 spiro atoms. The van der Waals surface area contributed by atoms with Crippen LogP contribution in [-0.2, 0) is 11.2 Å². The molecule has 9 nitrogen and oxygen atoms in total. The molecule has 3 aromatic rings. The Balaban J connectivity index is 1.68. The van der Waals surface area contributed by atoms with Crippen molar-refractivity contribution in [1.82, 2.24) is 14.6 Å². The highest BCUT2D eigenvalue weighted by Crippen LogP contribution is 2.35. The summed E-state index contributed by atoms with van der Waals surface area (Å²) in [6, 6.07) is 8.37. The molecule has 33 heavy (non-hydrogen) atoms. The Kier molecular flexibility index (Phi) is 6.80. The van der Waals surface area contributed by atoms with Gasteiger partial charge in [-0.1, -0.05) is 18.9 Å². The Labute approximate surface area is 191 Å². The van der Waals surface area contributed by atoms with Gasteiger partial charge in [0.15, 0.2) is 17.2 Å². The number of fused-ring (bicyclic) bond motifs is 1. The van der Waals surface area contributed by atoms with Crippen molar-refractivity contribution >= 4 is 11.6 Å². The quantitative estimate of drug-likeness (QED) is 0.505. The lowest BCUT2D eigenvalue weighted by Crippen LogP contribution is -2.29. The number of aromatic nitrogens is 3. The highest BCUT2D eigenvalue weighted by Gasteiger charge is 2.30. The summed E-state index contributed by atoms with van der Waals surface area (Å²) >= 11 is 0. The molecule has 0 amide bonds. The van der Waals surface area contributed by atoms with Crippen LogP contribution < -0.4 is 9.47 Å². The Morgan fingerprint density at radius 1 is 1.18 bits per heavy atom. The number of aromatic carboxylic acids is 1. The molecule has 0 unspecified atom stereocenters. The number of benzene rings is 1. The van der Waals surface area contributed by atoms with E-state index in [4.69, 9.17) is 14.2 Å². The van der Waals surface area contributed by atoms with Crippen molar-refractivity contribution in [3.63, 3.8) is 0 Å². The van der Waals surface area contributed by atoms with Crippen LogP contribution in [0, 0.1) is 6.92 Å². The number of ether oxygens (including phenoxy) is 3. The molecule has 1 fully saturated rings. The molecule has 0 radical (unpaired) electrons. The van der Waals surface area contributed by atoms with E-state index in [-0.39, 0.29) is 18.2 Å². The topological polar surface area (TPSA) is 115 Å². The molecule has 0 bridgehead atoms. The van der Waals surface area contributed by atoms with Crippen molar-refractivity contribution in [1.29, 1.82) is 0 Å². The third kappa shape index (κ3) is 4.79. The first-order valence-corrected chi connectivity index (χ1v) is 11.0. The van der Waals surface area contributed by atoms with Gasteiger partial charge in [0.05, 0.1) is 26.4 Å². The van der Waals surface area contributed by atoms with Crippen LogP contribution in [0.25, 0.3) is 5.65 Å². The lowest BCUT2D eigenvalue weighted by atomic mass is 9.99. The minimum absolute atomic E-state index is 0.0214. The lowest BCUT2D eigenvalue weighted by Gasteiger charge is -2.27. The van der Waals surface area contributed by atoms with Crippen LogP contribution in [0.4, 0.5) is 0 Å². The number of nitrogens with zero attached hydrogens (tertiary/aromatic N) is 3. The predicted octanol–water partition coefficient (Wildman–Crippen LogP) is 3.36. The zero-order valence-electron chi connectivity index (χ0n) is 19.0. The summed E-state index contributed by atoms with van der Waals surface area (Å²) in [4.78, 5) is 16.0. The van der Waals surface area contributed by atoms with Crippen LogP contribution in [0.2, 0.25) is 0 Å². The van der Waals surface area contributed by atoms with Crippen LogP contribution in [0.3, 0.4) is 0 Å². The molecule has 0 saturated heterocycles. The van der Waals surface area contributed by atoms with Gasteiger partial charge >= 0.3 is 5.97 Å². The summed E-state index contributed by atoms with van der Waals surface area (Å²) in [5, 5.41) is 25.2. The van der Waals surface area contributed by atoms with Crippen molar-refractivity contribution in [2.24, 2.45) is 0 Å². The Hall–Kier alpha value is -3.17. The fourth-order valence-corrected chi connectivity index (χ4v) is 4.38. The molecule has 1 saturated carbocycles. The number of aliphatic hydroxyl groups is 1. The number of hydrogen-bond acceptors (Lipinski definition) is 7. The van der Waals surface area contributed by atoms with E-state index in [9.17, 15) is 15.0 Å². The average molecular weight is 456 g/mol. The van der Waals surface area contributed by atoms with E-state index in [2.05, 4.69) is 10.1 Å². The standard InChI is InChI=1S/C24H29N3O6/c1-14-18(31-2)11-15(12-19(14)32-3)23(28)20(33-16-7-4-5-8-16)13-21-25-22-10-6-9-17(24(29)30)27(22)26-21/h6,9-12,16,20,23,28H,4-5,7-8,13H2,1-3H3,(H,29,30)/t20-,23+/m0/s1. The number of carboxylic acids is 1. The highest BCUT2D eigenvalue weighted by molar-refractivity contribution is 5.86. The third-order valence-electron chi connectivity index (χ3n) is 6.14. The smallest absolute Gasteiger partial charge is 0.354 e. The summed E-state index contributed by atoms with van der Waals surface area (Å²) in [7, 11) is 3.15. The first-order chi connectivity index (χ1) is 15.9. The van der Waals surface area contributed by atoms with Crippen molar-refractivity contribution in [3.05, 3.63) is 53.0 Å². The summed E-state index contributed by atoms with van der Waals surface area (Å²) in [6.45, 7) is 1.89. The maximum atomic E-state index is 11.5. The Bertz CT molecular complexity index is 1110. The molecule has 0 aliphatic heterocycles. The molecular weight excluding hydrogens is 426 g/mol. The fourth-order valence-electron chi connectivity index (χ4n) is 4.38. The van der Waals surface area contributed by atoms with E-state index in [1.807, 2.05) is 6.92 Å². The van der Waals surface area contributed by atoms with Gasteiger partial charge in [0.25, 0.3) is 0 Å². The second-order valence-corrected chi connectivity index (χ2v) is 8.29. The monoisotopic (exact) mass is 455 g/mol. The Morgan fingerprint density at radius 3 is 2.45 bits per heavy atom. The maximum absolute atomic E-state index is 11.5. The van der Waals surface area contributed by atoms with Crippen molar-refractivity contribution in [2.45, 2.75) is 57.3 Å². The number of aliphatic hydroxyl groups excluding tert-OH is 1. The van der Waals surface area contributed by atoms with E-state index in [1.54, 1.807) is 38.5 Å². The van der Waals surface area contributed by atoms with E-state index in [0.717, 1.165) is 31.2 Å². The molecule has 1 aliphatic rings. The molecule has 1 aromatic carbocycles. The highest BCUT2D eigenvalue weighted by atomic mass is 16.5. The third-order valence-corrected chi connectivity index (χ3v) is 6.14. The molecule has 4 rings (SSSR count). The maximum Gasteiger partial charge on any atom is 0.354 e. The van der Waals surface area contributed by atoms with Gasteiger partial charge in [-0.05, 0) is 49.6 Å². The molecule has 2 N–H and O–H groups in total. The first-order valence-electron chi connectivity index (χ1n) is 11.0. The Morgan fingerprint density at radius 2 is 1.85 bits per heavy atom. The summed E-state index contributed by atoms with van der Waals surface area (Å²) in [5.41, 5.74) is 1.89. The van der Waals surface area contributed by atoms with Crippen LogP contribution in [0.5, 0.6) is 11.5 Å².